The second-order valence-electron chi connectivity index (χ2n) is 9.24. The number of aryl methyl sites for hydroxylation is 1. The topological polar surface area (TPSA) is 76.9 Å². The van der Waals surface area contributed by atoms with E-state index in [1.165, 1.54) is 0 Å². The number of amides is 2. The second-order valence-corrected chi connectivity index (χ2v) is 9.24. The maximum Gasteiger partial charge on any atom is 0.274 e. The molecule has 4 heterocycles. The highest BCUT2D eigenvalue weighted by Crippen LogP contribution is 2.38. The summed E-state index contributed by atoms with van der Waals surface area (Å²) in [6.45, 7) is 3.54. The number of ether oxygens (including phenoxy) is 2. The lowest BCUT2D eigenvalue weighted by Gasteiger charge is -2.41. The summed E-state index contributed by atoms with van der Waals surface area (Å²) in [5.41, 5.74) is 1.10. The van der Waals surface area contributed by atoms with Crippen LogP contribution in [-0.2, 0) is 11.8 Å². The molecular weight excluding hydrogens is 420 g/mol. The van der Waals surface area contributed by atoms with E-state index in [0.717, 1.165) is 45.2 Å². The lowest BCUT2D eigenvalue weighted by molar-refractivity contribution is 0.0136. The molecule has 8 heteroatoms. The second kappa shape index (κ2) is 10.4. The van der Waals surface area contributed by atoms with Crippen molar-refractivity contribution >= 4 is 11.8 Å². The summed E-state index contributed by atoms with van der Waals surface area (Å²) in [4.78, 5) is 34.4. The van der Waals surface area contributed by atoms with E-state index in [0.29, 0.717) is 43.3 Å². The van der Waals surface area contributed by atoms with Crippen LogP contribution in [0.25, 0.3) is 0 Å². The molecule has 8 nitrogen and oxygen atoms in total. The Morgan fingerprint density at radius 3 is 2.64 bits per heavy atom. The van der Waals surface area contributed by atoms with Gasteiger partial charge in [-0.1, -0.05) is 18.6 Å². The number of para-hydroxylation sites is 1. The van der Waals surface area contributed by atoms with Gasteiger partial charge in [0.25, 0.3) is 11.8 Å². The van der Waals surface area contributed by atoms with E-state index in [4.69, 9.17) is 9.47 Å². The van der Waals surface area contributed by atoms with Crippen molar-refractivity contribution < 1.29 is 19.1 Å². The molecule has 1 fully saturated rings. The normalized spacial score (nSPS) is 19.4. The number of benzene rings is 1. The first-order chi connectivity index (χ1) is 16.0. The van der Waals surface area contributed by atoms with Gasteiger partial charge in [0.2, 0.25) is 0 Å². The van der Waals surface area contributed by atoms with Crippen molar-refractivity contribution in [1.82, 2.24) is 19.4 Å². The van der Waals surface area contributed by atoms with Gasteiger partial charge in [-0.3, -0.25) is 9.59 Å². The van der Waals surface area contributed by atoms with Crippen LogP contribution >= 0.6 is 0 Å². The Kier molecular flexibility index (Phi) is 7.33. The fourth-order valence-corrected chi connectivity index (χ4v) is 4.96. The molecule has 0 unspecified atom stereocenters. The summed E-state index contributed by atoms with van der Waals surface area (Å²) in [6.07, 6.45) is 8.17. The van der Waals surface area contributed by atoms with Crippen LogP contribution in [0.1, 0.15) is 53.0 Å². The van der Waals surface area contributed by atoms with Gasteiger partial charge in [0.15, 0.2) is 0 Å². The minimum Gasteiger partial charge on any atom is -0.491 e. The Balaban J connectivity index is 1.57. The third-order valence-corrected chi connectivity index (χ3v) is 6.89. The molecule has 0 atom stereocenters. The van der Waals surface area contributed by atoms with Gasteiger partial charge >= 0.3 is 0 Å². The highest BCUT2D eigenvalue weighted by molar-refractivity contribution is 5.97. The molecule has 2 amide bonds. The Labute approximate surface area is 195 Å². The predicted octanol–water partition coefficient (Wildman–Crippen LogP) is 2.99. The summed E-state index contributed by atoms with van der Waals surface area (Å²) in [7, 11) is 3.61. The van der Waals surface area contributed by atoms with Crippen LogP contribution in [0.4, 0.5) is 0 Å². The number of carbonyl (C=O) groups is 2. The zero-order valence-corrected chi connectivity index (χ0v) is 19.7. The SMILES string of the molecule is COCC12CCCCN(C(=O)c3cn(C)cn3)CCOc3ccccc3C(=O)N(CC1)CC2. The number of methoxy groups -OCH3 is 1. The third kappa shape index (κ3) is 5.38. The van der Waals surface area contributed by atoms with Gasteiger partial charge in [-0.15, -0.1) is 0 Å². The number of imidazole rings is 1. The average molecular weight is 455 g/mol. The standard InChI is InChI=1S/C25H34N4O4/c1-27-17-21(26-19-27)24(31)28-12-6-5-9-25(18-32-2)10-13-29(14-11-25)23(30)20-7-3-4-8-22(20)33-16-15-28/h3-4,7-8,17,19H,5-6,9-16,18H2,1-2H3. The van der Waals surface area contributed by atoms with Crippen molar-refractivity contribution in [2.75, 3.05) is 46.5 Å². The molecule has 1 aromatic carbocycles. The Bertz CT molecular complexity index is 965. The summed E-state index contributed by atoms with van der Waals surface area (Å²) >= 11 is 0. The smallest absolute Gasteiger partial charge is 0.274 e. The summed E-state index contributed by atoms with van der Waals surface area (Å²) in [6, 6.07) is 7.39. The molecule has 1 aromatic heterocycles. The van der Waals surface area contributed by atoms with E-state index in [-0.39, 0.29) is 17.2 Å². The van der Waals surface area contributed by atoms with Crippen molar-refractivity contribution in [3.8, 4) is 5.75 Å². The molecule has 5 rings (SSSR count). The van der Waals surface area contributed by atoms with Gasteiger partial charge in [-0.25, -0.2) is 4.98 Å². The van der Waals surface area contributed by atoms with Gasteiger partial charge in [0.05, 0.1) is 25.0 Å². The van der Waals surface area contributed by atoms with Crippen LogP contribution in [0, 0.1) is 5.41 Å². The number of aromatic nitrogens is 2. The van der Waals surface area contributed by atoms with Crippen molar-refractivity contribution in [2.24, 2.45) is 12.5 Å². The Hall–Kier alpha value is -2.87. The summed E-state index contributed by atoms with van der Waals surface area (Å²) < 4.78 is 13.4. The fourth-order valence-electron chi connectivity index (χ4n) is 4.96. The fraction of sp³-hybridized carbons (Fsp3) is 0.560. The number of piperidine rings is 1. The van der Waals surface area contributed by atoms with E-state index >= 15 is 0 Å². The van der Waals surface area contributed by atoms with Gasteiger partial charge < -0.3 is 23.8 Å². The number of carbonyl (C=O) groups excluding carboxylic acids is 2. The van der Waals surface area contributed by atoms with E-state index in [1.54, 1.807) is 24.2 Å². The van der Waals surface area contributed by atoms with Crippen molar-refractivity contribution in [3.05, 3.63) is 48.0 Å². The van der Waals surface area contributed by atoms with Gasteiger partial charge in [0, 0.05) is 40.0 Å². The van der Waals surface area contributed by atoms with E-state index in [1.807, 2.05) is 41.1 Å². The van der Waals surface area contributed by atoms with Crippen LogP contribution in [-0.4, -0.2) is 77.7 Å². The number of nitrogens with zero attached hydrogens (tertiary/aromatic N) is 4. The first kappa shape index (κ1) is 23.3. The maximum absolute atomic E-state index is 13.3. The zero-order chi connectivity index (χ0) is 23.3. The van der Waals surface area contributed by atoms with E-state index in [9.17, 15) is 9.59 Å². The molecule has 0 saturated carbocycles. The van der Waals surface area contributed by atoms with Crippen molar-refractivity contribution in [3.63, 3.8) is 0 Å². The summed E-state index contributed by atoms with van der Waals surface area (Å²) in [5.74, 6) is 0.482. The maximum atomic E-state index is 13.3. The molecule has 0 aliphatic carbocycles. The molecule has 0 radical (unpaired) electrons. The van der Waals surface area contributed by atoms with Crippen LogP contribution in [0.2, 0.25) is 0 Å². The first-order valence-corrected chi connectivity index (χ1v) is 11.8. The Morgan fingerprint density at radius 2 is 1.91 bits per heavy atom. The van der Waals surface area contributed by atoms with E-state index < -0.39 is 0 Å². The molecular formula is C25H34N4O4. The number of fused-ring (bicyclic) bond motifs is 9. The number of rotatable bonds is 3. The highest BCUT2D eigenvalue weighted by atomic mass is 16.5. The van der Waals surface area contributed by atoms with Crippen LogP contribution < -0.4 is 4.74 Å². The lowest BCUT2D eigenvalue weighted by atomic mass is 9.75. The number of hydrogen-bond donors (Lipinski definition) is 0. The minimum absolute atomic E-state index is 0.00732. The average Bonchev–Trinajstić information content (AvgIpc) is 3.26. The highest BCUT2D eigenvalue weighted by Gasteiger charge is 2.36. The minimum atomic E-state index is -0.0912. The zero-order valence-electron chi connectivity index (χ0n) is 19.7. The Morgan fingerprint density at radius 1 is 1.12 bits per heavy atom. The van der Waals surface area contributed by atoms with Crippen LogP contribution in [0.3, 0.4) is 0 Å². The molecule has 178 valence electrons. The van der Waals surface area contributed by atoms with Crippen molar-refractivity contribution in [1.29, 1.82) is 0 Å². The monoisotopic (exact) mass is 454 g/mol. The van der Waals surface area contributed by atoms with Gasteiger partial charge in [0.1, 0.15) is 18.1 Å². The van der Waals surface area contributed by atoms with Gasteiger partial charge in [-0.05, 0) is 43.2 Å². The molecule has 2 aromatic rings. The first-order valence-electron chi connectivity index (χ1n) is 11.8. The molecule has 3 aliphatic rings. The third-order valence-electron chi connectivity index (χ3n) is 6.89. The lowest BCUT2D eigenvalue weighted by Crippen LogP contribution is -2.45. The quantitative estimate of drug-likeness (QED) is 0.713. The molecule has 0 spiro atoms. The van der Waals surface area contributed by atoms with Crippen LogP contribution in [0.5, 0.6) is 5.75 Å². The van der Waals surface area contributed by atoms with Crippen LogP contribution in [0.15, 0.2) is 36.8 Å². The predicted molar refractivity (Wildman–Crippen MR) is 124 cm³/mol. The molecule has 3 aliphatic heterocycles. The molecule has 0 N–H and O–H groups in total. The largest absolute Gasteiger partial charge is 0.491 e. The molecule has 33 heavy (non-hydrogen) atoms. The summed E-state index contributed by atoms with van der Waals surface area (Å²) in [5, 5.41) is 0. The van der Waals surface area contributed by atoms with Crippen molar-refractivity contribution in [2.45, 2.75) is 32.1 Å². The van der Waals surface area contributed by atoms with Gasteiger partial charge in [-0.2, -0.15) is 0 Å². The molecule has 2 bridgehead atoms. The number of hydrogen-bond acceptors (Lipinski definition) is 5. The molecule has 1 saturated heterocycles. The van der Waals surface area contributed by atoms with E-state index in [2.05, 4.69) is 4.98 Å².